The van der Waals surface area contributed by atoms with Gasteiger partial charge in [-0.1, -0.05) is 38.1 Å². The molecule has 2 fully saturated rings. The highest BCUT2D eigenvalue weighted by Gasteiger charge is 2.42. The third-order valence-corrected chi connectivity index (χ3v) is 5.22. The molecule has 2 saturated heterocycles. The summed E-state index contributed by atoms with van der Waals surface area (Å²) in [6, 6.07) is 7.44. The minimum absolute atomic E-state index is 0.0249. The van der Waals surface area contributed by atoms with Gasteiger partial charge in [0.05, 0.1) is 25.7 Å². The van der Waals surface area contributed by atoms with Gasteiger partial charge in [-0.05, 0) is 12.5 Å². The highest BCUT2D eigenvalue weighted by Crippen LogP contribution is 2.29. The van der Waals surface area contributed by atoms with E-state index in [2.05, 4.69) is 0 Å². The van der Waals surface area contributed by atoms with Crippen LogP contribution in [0.25, 0.3) is 0 Å². The molecule has 1 aromatic carbocycles. The number of carbonyl (C=O) groups excluding carboxylic acids is 2. The normalized spacial score (nSPS) is 24.7. The van der Waals surface area contributed by atoms with Gasteiger partial charge in [0.15, 0.2) is 5.78 Å². The monoisotopic (exact) mass is 345 g/mol. The molecule has 0 saturated carbocycles. The molecule has 136 valence electrons. The Labute approximate surface area is 149 Å². The van der Waals surface area contributed by atoms with Crippen LogP contribution in [0.5, 0.6) is 0 Å². The van der Waals surface area contributed by atoms with Crippen LogP contribution in [0.15, 0.2) is 24.3 Å². The van der Waals surface area contributed by atoms with Crippen molar-refractivity contribution in [1.82, 2.24) is 4.90 Å². The molecule has 1 spiro atoms. The number of morpholine rings is 1. The highest BCUT2D eigenvalue weighted by molar-refractivity contribution is 5.97. The van der Waals surface area contributed by atoms with Gasteiger partial charge in [-0.15, -0.1) is 0 Å². The van der Waals surface area contributed by atoms with E-state index < -0.39 is 0 Å². The molecule has 25 heavy (non-hydrogen) atoms. The summed E-state index contributed by atoms with van der Waals surface area (Å²) >= 11 is 0. The summed E-state index contributed by atoms with van der Waals surface area (Å²) in [6.07, 6.45) is 0.844. The number of ketones is 1. The molecular formula is C20H27NO4. The van der Waals surface area contributed by atoms with Crippen LogP contribution >= 0.6 is 0 Å². The van der Waals surface area contributed by atoms with E-state index in [-0.39, 0.29) is 29.1 Å². The molecule has 3 rings (SSSR count). The van der Waals surface area contributed by atoms with Gasteiger partial charge in [-0.25, -0.2) is 0 Å². The second kappa shape index (κ2) is 7.26. The standard InChI is InChI=1S/C20H27NO4/c1-14(2)18(22)17-6-4-16(5-7-17)15(3)19(23)21-9-11-25-20(12-21)8-10-24-13-20/h4-7,14-15H,8-13H2,1-3H3/t15-,20-/m1/s1. The Morgan fingerprint density at radius 1 is 1.12 bits per heavy atom. The van der Waals surface area contributed by atoms with Crippen molar-refractivity contribution in [2.45, 2.75) is 38.7 Å². The Balaban J connectivity index is 1.68. The van der Waals surface area contributed by atoms with Crippen molar-refractivity contribution < 1.29 is 19.1 Å². The van der Waals surface area contributed by atoms with E-state index in [1.54, 1.807) is 0 Å². The summed E-state index contributed by atoms with van der Waals surface area (Å²) in [5.74, 6) is -0.0249. The number of carbonyl (C=O) groups is 2. The second-order valence-electron chi connectivity index (χ2n) is 7.46. The molecule has 0 aliphatic carbocycles. The average Bonchev–Trinajstić information content (AvgIpc) is 3.07. The van der Waals surface area contributed by atoms with Gasteiger partial charge in [0.2, 0.25) is 5.91 Å². The molecule has 0 bridgehead atoms. The minimum Gasteiger partial charge on any atom is -0.378 e. The number of benzene rings is 1. The molecule has 0 aromatic heterocycles. The van der Waals surface area contributed by atoms with Gasteiger partial charge in [0.1, 0.15) is 5.60 Å². The van der Waals surface area contributed by atoms with E-state index in [4.69, 9.17) is 9.47 Å². The Morgan fingerprint density at radius 3 is 2.44 bits per heavy atom. The molecular weight excluding hydrogens is 318 g/mol. The first-order chi connectivity index (χ1) is 11.9. The maximum Gasteiger partial charge on any atom is 0.230 e. The number of hydrogen-bond donors (Lipinski definition) is 0. The lowest BCUT2D eigenvalue weighted by atomic mass is 9.94. The summed E-state index contributed by atoms with van der Waals surface area (Å²) < 4.78 is 11.4. The van der Waals surface area contributed by atoms with Gasteiger partial charge < -0.3 is 14.4 Å². The van der Waals surface area contributed by atoms with Crippen molar-refractivity contribution in [2.75, 3.05) is 32.9 Å². The predicted octanol–water partition coefficient (Wildman–Crippen LogP) is 2.65. The molecule has 2 heterocycles. The quantitative estimate of drug-likeness (QED) is 0.787. The molecule has 5 heteroatoms. The minimum atomic E-state index is -0.318. The lowest BCUT2D eigenvalue weighted by Gasteiger charge is -2.40. The lowest BCUT2D eigenvalue weighted by molar-refractivity contribution is -0.151. The zero-order chi connectivity index (χ0) is 18.0. The number of rotatable bonds is 4. The topological polar surface area (TPSA) is 55.8 Å². The Bertz CT molecular complexity index is 632. The summed E-state index contributed by atoms with van der Waals surface area (Å²) in [4.78, 5) is 26.9. The van der Waals surface area contributed by atoms with Crippen LogP contribution in [0.1, 0.15) is 49.0 Å². The number of hydrogen-bond acceptors (Lipinski definition) is 4. The van der Waals surface area contributed by atoms with Gasteiger partial charge in [-0.2, -0.15) is 0 Å². The van der Waals surface area contributed by atoms with Gasteiger partial charge >= 0.3 is 0 Å². The van der Waals surface area contributed by atoms with Crippen LogP contribution in [-0.2, 0) is 14.3 Å². The fourth-order valence-electron chi connectivity index (χ4n) is 3.55. The first-order valence-corrected chi connectivity index (χ1v) is 9.06. The first-order valence-electron chi connectivity index (χ1n) is 9.06. The molecule has 2 aliphatic heterocycles. The zero-order valence-corrected chi connectivity index (χ0v) is 15.3. The fraction of sp³-hybridized carbons (Fsp3) is 0.600. The lowest BCUT2D eigenvalue weighted by Crippen LogP contribution is -2.54. The average molecular weight is 345 g/mol. The zero-order valence-electron chi connectivity index (χ0n) is 15.3. The van der Waals surface area contributed by atoms with Crippen molar-refractivity contribution in [3.8, 4) is 0 Å². The molecule has 1 amide bonds. The van der Waals surface area contributed by atoms with E-state index >= 15 is 0 Å². The van der Waals surface area contributed by atoms with E-state index in [1.165, 1.54) is 0 Å². The highest BCUT2D eigenvalue weighted by atomic mass is 16.6. The fourth-order valence-corrected chi connectivity index (χ4v) is 3.55. The van der Waals surface area contributed by atoms with Gasteiger partial charge in [0, 0.05) is 31.1 Å². The maximum absolute atomic E-state index is 12.9. The summed E-state index contributed by atoms with van der Waals surface area (Å²) in [5, 5.41) is 0. The van der Waals surface area contributed by atoms with Gasteiger partial charge in [-0.3, -0.25) is 9.59 Å². The Hall–Kier alpha value is -1.72. The number of nitrogens with zero attached hydrogens (tertiary/aromatic N) is 1. The van der Waals surface area contributed by atoms with Crippen LogP contribution < -0.4 is 0 Å². The molecule has 0 unspecified atom stereocenters. The first kappa shape index (κ1) is 18.1. The molecule has 0 N–H and O–H groups in total. The number of Topliss-reactive ketones (excluding diaryl/α,β-unsaturated/α-hetero) is 1. The SMILES string of the molecule is CC(C)C(=O)c1ccc([C@@H](C)C(=O)N2CCO[C@]3(CCOC3)C2)cc1. The van der Waals surface area contributed by atoms with Crippen LogP contribution in [0.4, 0.5) is 0 Å². The third-order valence-electron chi connectivity index (χ3n) is 5.22. The van der Waals surface area contributed by atoms with Crippen LogP contribution in [-0.4, -0.2) is 55.1 Å². The Morgan fingerprint density at radius 2 is 1.84 bits per heavy atom. The molecule has 2 atom stereocenters. The van der Waals surface area contributed by atoms with Crippen LogP contribution in [0, 0.1) is 5.92 Å². The van der Waals surface area contributed by atoms with Gasteiger partial charge in [0.25, 0.3) is 0 Å². The maximum atomic E-state index is 12.9. The Kier molecular flexibility index (Phi) is 5.25. The smallest absolute Gasteiger partial charge is 0.230 e. The molecule has 1 aromatic rings. The van der Waals surface area contributed by atoms with Crippen molar-refractivity contribution >= 4 is 11.7 Å². The summed E-state index contributed by atoms with van der Waals surface area (Å²) in [7, 11) is 0. The van der Waals surface area contributed by atoms with Crippen molar-refractivity contribution in [3.63, 3.8) is 0 Å². The van der Waals surface area contributed by atoms with Crippen molar-refractivity contribution in [3.05, 3.63) is 35.4 Å². The predicted molar refractivity (Wildman–Crippen MR) is 94.7 cm³/mol. The molecule has 0 radical (unpaired) electrons. The van der Waals surface area contributed by atoms with E-state index in [1.807, 2.05) is 49.9 Å². The van der Waals surface area contributed by atoms with Crippen LogP contribution in [0.2, 0.25) is 0 Å². The third kappa shape index (κ3) is 3.77. The number of ether oxygens (including phenoxy) is 2. The summed E-state index contributed by atoms with van der Waals surface area (Å²) in [5.41, 5.74) is 1.32. The molecule has 5 nitrogen and oxygen atoms in total. The second-order valence-corrected chi connectivity index (χ2v) is 7.46. The van der Waals surface area contributed by atoms with Crippen LogP contribution in [0.3, 0.4) is 0 Å². The van der Waals surface area contributed by atoms with E-state index in [9.17, 15) is 9.59 Å². The largest absolute Gasteiger partial charge is 0.378 e. The van der Waals surface area contributed by atoms with Crippen molar-refractivity contribution in [2.24, 2.45) is 5.92 Å². The van der Waals surface area contributed by atoms with Crippen molar-refractivity contribution in [1.29, 1.82) is 0 Å². The van der Waals surface area contributed by atoms with E-state index in [0.717, 1.165) is 12.0 Å². The summed E-state index contributed by atoms with van der Waals surface area (Å²) in [6.45, 7) is 8.75. The molecule has 2 aliphatic rings. The number of amides is 1. The van der Waals surface area contributed by atoms with E-state index in [0.29, 0.717) is 38.5 Å².